The SMILES string of the molecule is COc1cc2nc(C(F)(F)F)nc(N3CCCNCC3)c2cc1OC. The highest BCUT2D eigenvalue weighted by molar-refractivity contribution is 5.92. The number of methoxy groups -OCH3 is 2. The lowest BCUT2D eigenvalue weighted by molar-refractivity contribution is -0.144. The Labute approximate surface area is 142 Å². The van der Waals surface area contributed by atoms with Crippen molar-refractivity contribution in [2.45, 2.75) is 12.6 Å². The van der Waals surface area contributed by atoms with E-state index in [4.69, 9.17) is 9.47 Å². The van der Waals surface area contributed by atoms with Gasteiger partial charge in [-0.15, -0.1) is 0 Å². The molecular formula is C16H19F3N4O2. The zero-order chi connectivity index (χ0) is 18.0. The van der Waals surface area contributed by atoms with Crippen molar-refractivity contribution in [1.29, 1.82) is 0 Å². The fourth-order valence-electron chi connectivity index (χ4n) is 2.86. The van der Waals surface area contributed by atoms with Gasteiger partial charge >= 0.3 is 6.18 Å². The Hall–Kier alpha value is -2.29. The summed E-state index contributed by atoms with van der Waals surface area (Å²) in [6.45, 7) is 2.69. The third-order valence-corrected chi connectivity index (χ3v) is 4.07. The van der Waals surface area contributed by atoms with Crippen molar-refractivity contribution in [3.8, 4) is 11.5 Å². The van der Waals surface area contributed by atoms with Gasteiger partial charge in [0.05, 0.1) is 19.7 Å². The van der Waals surface area contributed by atoms with Gasteiger partial charge in [-0.05, 0) is 19.0 Å². The first-order valence-corrected chi connectivity index (χ1v) is 7.90. The second-order valence-corrected chi connectivity index (χ2v) is 5.68. The fourth-order valence-corrected chi connectivity index (χ4v) is 2.86. The number of ether oxygens (including phenoxy) is 2. The number of nitrogens with zero attached hydrogens (tertiary/aromatic N) is 3. The molecule has 2 heterocycles. The summed E-state index contributed by atoms with van der Waals surface area (Å²) >= 11 is 0. The van der Waals surface area contributed by atoms with E-state index in [2.05, 4.69) is 15.3 Å². The summed E-state index contributed by atoms with van der Waals surface area (Å²) in [6, 6.07) is 3.08. The molecule has 1 aromatic carbocycles. The summed E-state index contributed by atoms with van der Waals surface area (Å²) in [7, 11) is 2.90. The van der Waals surface area contributed by atoms with Crippen LogP contribution < -0.4 is 19.7 Å². The minimum Gasteiger partial charge on any atom is -0.493 e. The molecule has 0 spiro atoms. The van der Waals surface area contributed by atoms with Crippen LogP contribution in [0.4, 0.5) is 19.0 Å². The Kier molecular flexibility index (Phi) is 4.85. The molecule has 2 aromatic rings. The van der Waals surface area contributed by atoms with Gasteiger partial charge < -0.3 is 19.7 Å². The van der Waals surface area contributed by atoms with Gasteiger partial charge in [0.1, 0.15) is 5.82 Å². The van der Waals surface area contributed by atoms with E-state index in [1.54, 1.807) is 6.07 Å². The summed E-state index contributed by atoms with van der Waals surface area (Å²) in [4.78, 5) is 9.38. The summed E-state index contributed by atoms with van der Waals surface area (Å²) in [5.74, 6) is -0.140. The number of nitrogens with one attached hydrogen (secondary N) is 1. The highest BCUT2D eigenvalue weighted by Crippen LogP contribution is 2.37. The molecule has 6 nitrogen and oxygen atoms in total. The van der Waals surface area contributed by atoms with Crippen molar-refractivity contribution in [1.82, 2.24) is 15.3 Å². The highest BCUT2D eigenvalue weighted by atomic mass is 19.4. The number of rotatable bonds is 3. The van der Waals surface area contributed by atoms with Crippen LogP contribution in [0.3, 0.4) is 0 Å². The molecule has 0 unspecified atom stereocenters. The zero-order valence-electron chi connectivity index (χ0n) is 14.0. The number of aromatic nitrogens is 2. The third-order valence-electron chi connectivity index (χ3n) is 4.07. The predicted octanol–water partition coefficient (Wildman–Crippen LogP) is 2.47. The van der Waals surface area contributed by atoms with Crippen LogP contribution in [0.5, 0.6) is 11.5 Å². The van der Waals surface area contributed by atoms with Crippen LogP contribution in [0, 0.1) is 0 Å². The topological polar surface area (TPSA) is 59.5 Å². The van der Waals surface area contributed by atoms with Crippen molar-refractivity contribution < 1.29 is 22.6 Å². The molecule has 25 heavy (non-hydrogen) atoms. The Morgan fingerprint density at radius 3 is 2.44 bits per heavy atom. The number of benzene rings is 1. The van der Waals surface area contributed by atoms with Gasteiger partial charge in [-0.1, -0.05) is 0 Å². The number of hydrogen-bond acceptors (Lipinski definition) is 6. The molecule has 0 amide bonds. The molecule has 0 aliphatic carbocycles. The Morgan fingerprint density at radius 1 is 1.04 bits per heavy atom. The van der Waals surface area contributed by atoms with E-state index in [1.807, 2.05) is 4.90 Å². The quantitative estimate of drug-likeness (QED) is 0.912. The molecule has 1 aromatic heterocycles. The number of hydrogen-bond donors (Lipinski definition) is 1. The molecule has 1 saturated heterocycles. The van der Waals surface area contributed by atoms with Gasteiger partial charge in [0, 0.05) is 31.1 Å². The van der Waals surface area contributed by atoms with Crippen molar-refractivity contribution >= 4 is 16.7 Å². The van der Waals surface area contributed by atoms with E-state index < -0.39 is 12.0 Å². The van der Waals surface area contributed by atoms with Gasteiger partial charge in [0.2, 0.25) is 5.82 Å². The van der Waals surface area contributed by atoms with Crippen molar-refractivity contribution in [2.75, 3.05) is 45.3 Å². The molecule has 0 atom stereocenters. The normalized spacial score (nSPS) is 16.0. The number of alkyl halides is 3. The fraction of sp³-hybridized carbons (Fsp3) is 0.500. The van der Waals surface area contributed by atoms with Crippen molar-refractivity contribution in [3.05, 3.63) is 18.0 Å². The molecule has 1 aliphatic rings. The molecule has 1 N–H and O–H groups in total. The number of fused-ring (bicyclic) bond motifs is 1. The van der Waals surface area contributed by atoms with E-state index in [1.165, 1.54) is 20.3 Å². The molecule has 136 valence electrons. The summed E-state index contributed by atoms with van der Waals surface area (Å²) < 4.78 is 50.2. The van der Waals surface area contributed by atoms with E-state index in [0.717, 1.165) is 13.0 Å². The standard InChI is InChI=1S/C16H19F3N4O2/c1-24-12-8-10-11(9-13(12)25-2)21-15(16(17,18)19)22-14(10)23-6-3-4-20-5-7-23/h8-9,20H,3-7H2,1-2H3. The van der Waals surface area contributed by atoms with Crippen molar-refractivity contribution in [3.63, 3.8) is 0 Å². The van der Waals surface area contributed by atoms with Crippen LogP contribution in [0.25, 0.3) is 10.9 Å². The largest absolute Gasteiger partial charge is 0.493 e. The first kappa shape index (κ1) is 17.5. The zero-order valence-corrected chi connectivity index (χ0v) is 14.0. The van der Waals surface area contributed by atoms with E-state index in [9.17, 15) is 13.2 Å². The smallest absolute Gasteiger partial charge is 0.451 e. The summed E-state index contributed by atoms with van der Waals surface area (Å²) in [5, 5.41) is 3.74. The lowest BCUT2D eigenvalue weighted by atomic mass is 10.2. The van der Waals surface area contributed by atoms with Gasteiger partial charge in [0.15, 0.2) is 11.5 Å². The molecule has 1 fully saturated rings. The van der Waals surface area contributed by atoms with Gasteiger partial charge in [0.25, 0.3) is 0 Å². The summed E-state index contributed by atoms with van der Waals surface area (Å²) in [5.41, 5.74) is 0.173. The average molecular weight is 356 g/mol. The maximum absolute atomic E-state index is 13.3. The van der Waals surface area contributed by atoms with Crippen molar-refractivity contribution in [2.24, 2.45) is 0 Å². The predicted molar refractivity (Wildman–Crippen MR) is 87.3 cm³/mol. The van der Waals surface area contributed by atoms with Gasteiger partial charge in [-0.25, -0.2) is 9.97 Å². The molecular weight excluding hydrogens is 337 g/mol. The average Bonchev–Trinajstić information content (AvgIpc) is 2.87. The van der Waals surface area contributed by atoms with Crippen LogP contribution in [0.1, 0.15) is 12.2 Å². The van der Waals surface area contributed by atoms with Gasteiger partial charge in [-0.2, -0.15) is 13.2 Å². The molecule has 0 bridgehead atoms. The monoisotopic (exact) mass is 356 g/mol. The van der Waals surface area contributed by atoms with E-state index >= 15 is 0 Å². The lowest BCUT2D eigenvalue weighted by Gasteiger charge is -2.24. The van der Waals surface area contributed by atoms with E-state index in [0.29, 0.717) is 36.5 Å². The first-order chi connectivity index (χ1) is 11.9. The third kappa shape index (κ3) is 3.55. The first-order valence-electron chi connectivity index (χ1n) is 7.90. The molecule has 1 aliphatic heterocycles. The second kappa shape index (κ2) is 6.91. The maximum atomic E-state index is 13.3. The Balaban J connectivity index is 2.23. The summed E-state index contributed by atoms with van der Waals surface area (Å²) in [6.07, 6.45) is -3.81. The number of anilines is 1. The van der Waals surface area contributed by atoms with Crippen LogP contribution in [0.15, 0.2) is 12.1 Å². The van der Waals surface area contributed by atoms with Crippen LogP contribution in [0.2, 0.25) is 0 Å². The Bertz CT molecular complexity index is 759. The molecule has 0 radical (unpaired) electrons. The van der Waals surface area contributed by atoms with Crippen LogP contribution in [-0.2, 0) is 6.18 Å². The molecule has 9 heteroatoms. The van der Waals surface area contributed by atoms with Crippen LogP contribution >= 0.6 is 0 Å². The lowest BCUT2D eigenvalue weighted by Crippen LogP contribution is -2.29. The maximum Gasteiger partial charge on any atom is 0.451 e. The molecule has 3 rings (SSSR count). The minimum absolute atomic E-state index is 0.173. The second-order valence-electron chi connectivity index (χ2n) is 5.68. The van der Waals surface area contributed by atoms with Gasteiger partial charge in [-0.3, -0.25) is 0 Å². The van der Waals surface area contributed by atoms with E-state index in [-0.39, 0.29) is 11.3 Å². The van der Waals surface area contributed by atoms with Crippen LogP contribution in [-0.4, -0.2) is 50.4 Å². The highest BCUT2D eigenvalue weighted by Gasteiger charge is 2.36. The Morgan fingerprint density at radius 2 is 1.76 bits per heavy atom. The minimum atomic E-state index is -4.62. The number of halogens is 3. The molecule has 0 saturated carbocycles.